The first-order valence-corrected chi connectivity index (χ1v) is 5.88. The van der Waals surface area contributed by atoms with Crippen LogP contribution in [0.15, 0.2) is 0 Å². The van der Waals surface area contributed by atoms with Gasteiger partial charge in [0.2, 0.25) is 0 Å². The van der Waals surface area contributed by atoms with E-state index < -0.39 is 24.1 Å². The van der Waals surface area contributed by atoms with Crippen LogP contribution in [-0.4, -0.2) is 29.2 Å². The minimum absolute atomic E-state index is 0.0185. The van der Waals surface area contributed by atoms with Crippen molar-refractivity contribution in [1.82, 2.24) is 5.32 Å². The summed E-state index contributed by atoms with van der Waals surface area (Å²) in [5, 5.41) is 10.5. The van der Waals surface area contributed by atoms with E-state index in [9.17, 15) is 22.8 Å². The Labute approximate surface area is 103 Å². The number of alkyl halides is 3. The molecule has 1 rings (SSSR count). The summed E-state index contributed by atoms with van der Waals surface area (Å²) in [6, 6.07) is -0.494. The average molecular weight is 267 g/mol. The number of hydrogen-bond acceptors (Lipinski definition) is 2. The molecule has 0 radical (unpaired) electrons. The van der Waals surface area contributed by atoms with E-state index in [0.717, 1.165) is 6.42 Å². The van der Waals surface area contributed by atoms with E-state index >= 15 is 0 Å². The monoisotopic (exact) mass is 267 g/mol. The third kappa shape index (κ3) is 4.93. The molecule has 0 unspecified atom stereocenters. The summed E-state index contributed by atoms with van der Waals surface area (Å²) in [6.45, 7) is 0. The predicted molar refractivity (Wildman–Crippen MR) is 56.8 cm³/mol. The fourth-order valence-corrected chi connectivity index (χ4v) is 2.28. The highest BCUT2D eigenvalue weighted by atomic mass is 19.4. The zero-order chi connectivity index (χ0) is 13.8. The van der Waals surface area contributed by atoms with Gasteiger partial charge in [0.05, 0.1) is 0 Å². The third-order valence-corrected chi connectivity index (χ3v) is 3.14. The summed E-state index contributed by atoms with van der Waals surface area (Å²) in [7, 11) is 0. The largest absolute Gasteiger partial charge is 0.481 e. The SMILES string of the molecule is O=C(O)CC[C@H]1CCC[C@@H](NC(=O)C(F)(F)F)C1. The Hall–Kier alpha value is -1.27. The average Bonchev–Trinajstić information content (AvgIpc) is 2.25. The molecule has 1 saturated carbocycles. The van der Waals surface area contributed by atoms with Crippen LogP contribution in [0.5, 0.6) is 0 Å². The second-order valence-corrected chi connectivity index (χ2v) is 4.63. The van der Waals surface area contributed by atoms with Crippen molar-refractivity contribution in [3.63, 3.8) is 0 Å². The summed E-state index contributed by atoms with van der Waals surface area (Å²) in [5.74, 6) is -2.74. The standard InChI is InChI=1S/C11H16F3NO3/c12-11(13,14)10(18)15-8-3-1-2-7(6-8)4-5-9(16)17/h7-8H,1-6H2,(H,15,18)(H,16,17)/t7-,8-/m1/s1. The molecule has 0 heterocycles. The molecule has 1 amide bonds. The second kappa shape index (κ2) is 6.06. The molecule has 1 aliphatic rings. The van der Waals surface area contributed by atoms with Gasteiger partial charge < -0.3 is 10.4 Å². The molecular weight excluding hydrogens is 251 g/mol. The normalized spacial score (nSPS) is 24.6. The molecule has 0 spiro atoms. The van der Waals surface area contributed by atoms with Crippen molar-refractivity contribution < 1.29 is 27.9 Å². The Balaban J connectivity index is 2.39. The third-order valence-electron chi connectivity index (χ3n) is 3.14. The number of carbonyl (C=O) groups is 2. The van der Waals surface area contributed by atoms with Crippen LogP contribution < -0.4 is 5.32 Å². The van der Waals surface area contributed by atoms with Crippen LogP contribution in [0.25, 0.3) is 0 Å². The van der Waals surface area contributed by atoms with Crippen molar-refractivity contribution in [2.45, 2.75) is 50.7 Å². The van der Waals surface area contributed by atoms with Gasteiger partial charge in [0.25, 0.3) is 0 Å². The van der Waals surface area contributed by atoms with Gasteiger partial charge in [-0.05, 0) is 25.2 Å². The molecule has 0 aromatic rings. The number of carbonyl (C=O) groups excluding carboxylic acids is 1. The molecule has 7 heteroatoms. The van der Waals surface area contributed by atoms with Crippen LogP contribution in [0.1, 0.15) is 38.5 Å². The lowest BCUT2D eigenvalue weighted by Crippen LogP contribution is -2.45. The van der Waals surface area contributed by atoms with Crippen LogP contribution in [-0.2, 0) is 9.59 Å². The quantitative estimate of drug-likeness (QED) is 0.819. The van der Waals surface area contributed by atoms with Gasteiger partial charge in [0, 0.05) is 12.5 Å². The van der Waals surface area contributed by atoms with Crippen LogP contribution in [0, 0.1) is 5.92 Å². The number of hydrogen-bond donors (Lipinski definition) is 2. The van der Waals surface area contributed by atoms with E-state index in [2.05, 4.69) is 0 Å². The maximum atomic E-state index is 12.1. The molecule has 2 N–H and O–H groups in total. The molecule has 2 atom stereocenters. The zero-order valence-corrected chi connectivity index (χ0v) is 9.79. The first-order valence-electron chi connectivity index (χ1n) is 5.88. The maximum Gasteiger partial charge on any atom is 0.471 e. The highest BCUT2D eigenvalue weighted by Crippen LogP contribution is 2.28. The van der Waals surface area contributed by atoms with Crippen molar-refractivity contribution in [1.29, 1.82) is 0 Å². The van der Waals surface area contributed by atoms with E-state index in [4.69, 9.17) is 5.11 Å². The van der Waals surface area contributed by atoms with Crippen molar-refractivity contribution in [3.05, 3.63) is 0 Å². The van der Waals surface area contributed by atoms with Crippen molar-refractivity contribution in [3.8, 4) is 0 Å². The Morgan fingerprint density at radius 3 is 2.50 bits per heavy atom. The smallest absolute Gasteiger partial charge is 0.471 e. The summed E-state index contributed by atoms with van der Waals surface area (Å²) < 4.78 is 36.2. The Morgan fingerprint density at radius 1 is 1.28 bits per heavy atom. The lowest BCUT2D eigenvalue weighted by molar-refractivity contribution is -0.174. The second-order valence-electron chi connectivity index (χ2n) is 4.63. The number of halogens is 3. The fourth-order valence-electron chi connectivity index (χ4n) is 2.28. The molecule has 104 valence electrons. The summed E-state index contributed by atoms with van der Waals surface area (Å²) in [5.41, 5.74) is 0. The summed E-state index contributed by atoms with van der Waals surface area (Å²) in [4.78, 5) is 21.2. The van der Waals surface area contributed by atoms with E-state index in [0.29, 0.717) is 25.7 Å². The molecule has 0 bridgehead atoms. The van der Waals surface area contributed by atoms with Gasteiger partial charge >= 0.3 is 18.1 Å². The molecule has 0 aromatic carbocycles. The van der Waals surface area contributed by atoms with Gasteiger partial charge in [-0.25, -0.2) is 0 Å². The molecule has 1 fully saturated rings. The van der Waals surface area contributed by atoms with Gasteiger partial charge in [-0.2, -0.15) is 13.2 Å². The summed E-state index contributed by atoms with van der Waals surface area (Å²) >= 11 is 0. The molecule has 0 saturated heterocycles. The molecule has 1 aliphatic carbocycles. The van der Waals surface area contributed by atoms with Gasteiger partial charge in [-0.1, -0.05) is 12.8 Å². The van der Waals surface area contributed by atoms with E-state index in [1.807, 2.05) is 5.32 Å². The number of amides is 1. The highest BCUT2D eigenvalue weighted by Gasteiger charge is 2.40. The topological polar surface area (TPSA) is 66.4 Å². The minimum atomic E-state index is -4.85. The number of carboxylic acid groups (broad SMARTS) is 1. The Kier molecular flexibility index (Phi) is 4.98. The Morgan fingerprint density at radius 2 is 1.94 bits per heavy atom. The highest BCUT2D eigenvalue weighted by molar-refractivity contribution is 5.81. The van der Waals surface area contributed by atoms with E-state index in [1.54, 1.807) is 0 Å². The van der Waals surface area contributed by atoms with Crippen LogP contribution >= 0.6 is 0 Å². The minimum Gasteiger partial charge on any atom is -0.481 e. The first-order chi connectivity index (χ1) is 8.29. The maximum absolute atomic E-state index is 12.1. The zero-order valence-electron chi connectivity index (χ0n) is 9.79. The van der Waals surface area contributed by atoms with Crippen LogP contribution in [0.3, 0.4) is 0 Å². The van der Waals surface area contributed by atoms with Crippen molar-refractivity contribution in [2.24, 2.45) is 5.92 Å². The van der Waals surface area contributed by atoms with Crippen molar-refractivity contribution in [2.75, 3.05) is 0 Å². The number of rotatable bonds is 4. The van der Waals surface area contributed by atoms with Gasteiger partial charge in [-0.15, -0.1) is 0 Å². The predicted octanol–water partition coefficient (Wildman–Crippen LogP) is 2.09. The molecular formula is C11H16F3NO3. The lowest BCUT2D eigenvalue weighted by atomic mass is 9.83. The first kappa shape index (κ1) is 14.8. The molecule has 18 heavy (non-hydrogen) atoms. The van der Waals surface area contributed by atoms with E-state index in [1.165, 1.54) is 0 Å². The van der Waals surface area contributed by atoms with Crippen molar-refractivity contribution >= 4 is 11.9 Å². The number of nitrogens with one attached hydrogen (secondary N) is 1. The number of carboxylic acids is 1. The van der Waals surface area contributed by atoms with Crippen LogP contribution in [0.2, 0.25) is 0 Å². The van der Waals surface area contributed by atoms with Gasteiger partial charge in [0.1, 0.15) is 0 Å². The van der Waals surface area contributed by atoms with Crippen LogP contribution in [0.4, 0.5) is 13.2 Å². The molecule has 0 aromatic heterocycles. The van der Waals surface area contributed by atoms with Gasteiger partial charge in [-0.3, -0.25) is 9.59 Å². The number of aliphatic carboxylic acids is 1. The van der Waals surface area contributed by atoms with Gasteiger partial charge in [0.15, 0.2) is 0 Å². The van der Waals surface area contributed by atoms with E-state index in [-0.39, 0.29) is 12.3 Å². The molecule has 0 aliphatic heterocycles. The lowest BCUT2D eigenvalue weighted by Gasteiger charge is -2.29. The molecule has 4 nitrogen and oxygen atoms in total. The Bertz CT molecular complexity index is 317. The fraction of sp³-hybridized carbons (Fsp3) is 0.818. The summed E-state index contributed by atoms with van der Waals surface area (Å²) in [6.07, 6.45) is -1.91.